The quantitative estimate of drug-likeness (QED) is 0.0932. The van der Waals surface area contributed by atoms with Crippen LogP contribution in [0.2, 0.25) is 10.0 Å². The van der Waals surface area contributed by atoms with Crippen LogP contribution in [0.25, 0.3) is 11.1 Å². The third kappa shape index (κ3) is 7.05. The molecule has 0 aliphatic heterocycles. The molecule has 204 valence electrons. The number of nitriles is 1. The van der Waals surface area contributed by atoms with Gasteiger partial charge in [0.25, 0.3) is 0 Å². The summed E-state index contributed by atoms with van der Waals surface area (Å²) in [5.74, 6) is 1.79. The maximum Gasteiger partial charge on any atom is 0.153 e. The number of rotatable bonds is 12. The molecule has 6 nitrogen and oxygen atoms in total. The van der Waals surface area contributed by atoms with Gasteiger partial charge in [0, 0.05) is 35.5 Å². The summed E-state index contributed by atoms with van der Waals surface area (Å²) in [6, 6.07) is 18.4. The van der Waals surface area contributed by atoms with Gasteiger partial charge in [-0.2, -0.15) is 5.26 Å². The molecule has 1 aromatic heterocycles. The number of ether oxygens (including phenoxy) is 3. The minimum atomic E-state index is 0.112. The molecular weight excluding hydrogens is 571 g/mol. The topological polar surface area (TPSA) is 81.4 Å². The Labute approximate surface area is 248 Å². The van der Waals surface area contributed by atoms with Crippen molar-refractivity contribution in [2.75, 3.05) is 12.5 Å². The highest BCUT2D eigenvalue weighted by Gasteiger charge is 2.15. The summed E-state index contributed by atoms with van der Waals surface area (Å²) in [6.45, 7) is 2.82. The molecule has 3 aromatic carbocycles. The molecule has 0 atom stereocenters. The fourth-order valence-electron chi connectivity index (χ4n) is 4.02. The summed E-state index contributed by atoms with van der Waals surface area (Å²) in [5.41, 5.74) is 5.11. The summed E-state index contributed by atoms with van der Waals surface area (Å²) >= 11 is 18.9. The minimum Gasteiger partial charge on any atom is -0.492 e. The molecule has 0 fully saturated rings. The highest BCUT2D eigenvalue weighted by Crippen LogP contribution is 2.38. The van der Waals surface area contributed by atoms with E-state index in [9.17, 15) is 4.79 Å². The summed E-state index contributed by atoms with van der Waals surface area (Å²) < 4.78 is 17.8. The molecule has 0 spiro atoms. The molecule has 0 bridgehead atoms. The highest BCUT2D eigenvalue weighted by molar-refractivity contribution is 6.35. The van der Waals surface area contributed by atoms with Gasteiger partial charge < -0.3 is 14.2 Å². The molecule has 0 saturated heterocycles. The van der Waals surface area contributed by atoms with Gasteiger partial charge in [0.1, 0.15) is 36.5 Å². The molecule has 1 heterocycles. The van der Waals surface area contributed by atoms with Gasteiger partial charge in [-0.1, -0.05) is 53.5 Å². The zero-order valence-electron chi connectivity index (χ0n) is 21.6. The van der Waals surface area contributed by atoms with E-state index < -0.39 is 0 Å². The number of carbonyl (C=O) groups excluding carboxylic acids is 1. The van der Waals surface area contributed by atoms with E-state index in [1.165, 1.54) is 12.3 Å². The lowest BCUT2D eigenvalue weighted by Crippen LogP contribution is -2.03. The van der Waals surface area contributed by atoms with Crippen LogP contribution in [0.5, 0.6) is 17.2 Å². The first-order valence-electron chi connectivity index (χ1n) is 12.4. The average Bonchev–Trinajstić information content (AvgIpc) is 2.97. The van der Waals surface area contributed by atoms with E-state index in [1.807, 2.05) is 49.4 Å². The van der Waals surface area contributed by atoms with Crippen molar-refractivity contribution in [3.05, 3.63) is 105 Å². The van der Waals surface area contributed by atoms with Crippen molar-refractivity contribution in [1.29, 1.82) is 5.26 Å². The van der Waals surface area contributed by atoms with E-state index in [0.29, 0.717) is 52.2 Å². The zero-order valence-corrected chi connectivity index (χ0v) is 23.9. The second kappa shape index (κ2) is 14.0. The van der Waals surface area contributed by atoms with Gasteiger partial charge in [0.2, 0.25) is 0 Å². The van der Waals surface area contributed by atoms with Crippen LogP contribution in [0.1, 0.15) is 39.0 Å². The summed E-state index contributed by atoms with van der Waals surface area (Å²) in [4.78, 5) is 15.7. The number of carbonyl (C=O) groups is 1. The minimum absolute atomic E-state index is 0.112. The van der Waals surface area contributed by atoms with Crippen molar-refractivity contribution in [1.82, 2.24) is 4.98 Å². The van der Waals surface area contributed by atoms with E-state index in [1.54, 1.807) is 18.3 Å². The lowest BCUT2D eigenvalue weighted by Gasteiger charge is -2.17. The molecule has 40 heavy (non-hydrogen) atoms. The van der Waals surface area contributed by atoms with E-state index >= 15 is 0 Å². The first-order valence-corrected chi connectivity index (χ1v) is 13.7. The first kappa shape index (κ1) is 29.2. The average molecular weight is 596 g/mol. The molecule has 0 radical (unpaired) electrons. The zero-order chi connectivity index (χ0) is 28.5. The number of hydrogen-bond acceptors (Lipinski definition) is 6. The number of alkyl halides is 1. The Hall–Kier alpha value is -3.76. The normalized spacial score (nSPS) is 10.6. The lowest BCUT2D eigenvalue weighted by atomic mass is 9.96. The fourth-order valence-corrected chi connectivity index (χ4v) is 4.64. The van der Waals surface area contributed by atoms with E-state index in [2.05, 4.69) is 4.98 Å². The molecule has 0 amide bonds. The fraction of sp³-hybridized carbons (Fsp3) is 0.194. The van der Waals surface area contributed by atoms with E-state index in [0.717, 1.165) is 28.7 Å². The van der Waals surface area contributed by atoms with Crippen LogP contribution < -0.4 is 14.2 Å². The monoisotopic (exact) mass is 594 g/mol. The van der Waals surface area contributed by atoms with Crippen molar-refractivity contribution in [2.24, 2.45) is 0 Å². The Balaban J connectivity index is 1.53. The Bertz CT molecular complexity index is 1550. The smallest absolute Gasteiger partial charge is 0.153 e. The Morgan fingerprint density at radius 3 is 2.48 bits per heavy atom. The molecule has 0 saturated carbocycles. The summed E-state index contributed by atoms with van der Waals surface area (Å²) in [6.07, 6.45) is 4.45. The molecule has 0 aliphatic carbocycles. The third-order valence-electron chi connectivity index (χ3n) is 6.13. The van der Waals surface area contributed by atoms with Crippen molar-refractivity contribution >= 4 is 41.1 Å². The molecule has 4 aromatic rings. The van der Waals surface area contributed by atoms with Gasteiger partial charge in [0.05, 0.1) is 27.8 Å². The summed E-state index contributed by atoms with van der Waals surface area (Å²) in [5, 5.41) is 9.90. The maximum atomic E-state index is 11.7. The highest BCUT2D eigenvalue weighted by atomic mass is 35.5. The number of halogens is 3. The number of aromatic nitrogens is 1. The molecule has 9 heteroatoms. The standard InChI is InChI=1S/C31H25Cl3N2O4/c1-20-23(5-2-6-25(20)26-7-3-8-28(31(26)34)38-10-4-9-32)19-40-30-13-29(24(17-37)12-27(30)33)39-18-22-11-21(14-35)15-36-16-22/h2-3,5-8,11-13,15-17H,4,9-10,18-19H2,1H3. The SMILES string of the molecule is Cc1c(COc2cc(OCc3cncc(C#N)c3)c(C=O)cc2Cl)cccc1-c1cccc(OCCCCl)c1Cl. The van der Waals surface area contributed by atoms with Crippen molar-refractivity contribution in [3.63, 3.8) is 0 Å². The van der Waals surface area contributed by atoms with Gasteiger partial charge in [-0.15, -0.1) is 11.6 Å². The van der Waals surface area contributed by atoms with Crippen LogP contribution in [0.3, 0.4) is 0 Å². The Morgan fingerprint density at radius 2 is 1.70 bits per heavy atom. The van der Waals surface area contributed by atoms with Crippen LogP contribution >= 0.6 is 34.8 Å². The van der Waals surface area contributed by atoms with Gasteiger partial charge in [-0.05, 0) is 48.2 Å². The Morgan fingerprint density at radius 1 is 0.925 bits per heavy atom. The van der Waals surface area contributed by atoms with Crippen LogP contribution in [0.4, 0.5) is 0 Å². The molecule has 4 rings (SSSR count). The predicted molar refractivity (Wildman–Crippen MR) is 157 cm³/mol. The number of nitrogens with zero attached hydrogens (tertiary/aromatic N) is 2. The van der Waals surface area contributed by atoms with Crippen LogP contribution in [0.15, 0.2) is 67.0 Å². The van der Waals surface area contributed by atoms with Crippen molar-refractivity contribution in [3.8, 4) is 34.4 Å². The van der Waals surface area contributed by atoms with Crippen LogP contribution in [-0.4, -0.2) is 23.8 Å². The van der Waals surface area contributed by atoms with E-state index in [4.69, 9.17) is 54.3 Å². The van der Waals surface area contributed by atoms with Crippen LogP contribution in [-0.2, 0) is 13.2 Å². The Kier molecular flexibility index (Phi) is 10.3. The van der Waals surface area contributed by atoms with Gasteiger partial charge in [0.15, 0.2) is 6.29 Å². The van der Waals surface area contributed by atoms with Crippen LogP contribution in [0, 0.1) is 18.3 Å². The molecule has 0 N–H and O–H groups in total. The number of pyridine rings is 1. The van der Waals surface area contributed by atoms with Gasteiger partial charge >= 0.3 is 0 Å². The molecule has 0 unspecified atom stereocenters. The van der Waals surface area contributed by atoms with E-state index in [-0.39, 0.29) is 23.8 Å². The first-order chi connectivity index (χ1) is 19.4. The largest absolute Gasteiger partial charge is 0.492 e. The summed E-state index contributed by atoms with van der Waals surface area (Å²) in [7, 11) is 0. The lowest BCUT2D eigenvalue weighted by molar-refractivity contribution is 0.111. The number of hydrogen-bond donors (Lipinski definition) is 0. The molecular formula is C31H25Cl3N2O4. The van der Waals surface area contributed by atoms with Crippen molar-refractivity contribution in [2.45, 2.75) is 26.6 Å². The van der Waals surface area contributed by atoms with Gasteiger partial charge in [-0.3, -0.25) is 9.78 Å². The van der Waals surface area contributed by atoms with Gasteiger partial charge in [-0.25, -0.2) is 0 Å². The maximum absolute atomic E-state index is 11.7. The predicted octanol–water partition coefficient (Wildman–Crippen LogP) is 8.21. The van der Waals surface area contributed by atoms with Crippen molar-refractivity contribution < 1.29 is 19.0 Å². The number of benzene rings is 3. The molecule has 0 aliphatic rings. The third-order valence-corrected chi connectivity index (χ3v) is 7.08. The number of aldehydes is 1. The second-order valence-corrected chi connectivity index (χ2v) is 9.97. The second-order valence-electron chi connectivity index (χ2n) is 8.81.